The normalized spacial score (nSPS) is 11.6. The zero-order chi connectivity index (χ0) is 50.1. The first-order valence-electron chi connectivity index (χ1n) is 25.3. The SMILES string of the molecule is C.C.C.CC(C)C1CC1.CC(C)c1ccc2c(c1)CC=N2.CC(C)c1cccc(Cl)c1.CC(C)c1ccccc1.Cc1ccc(C(C)C)cc1.Cc1ccc(C(C)C)cc1.Cc1cccc(C(C)C)c1. The monoisotopic (exact) mass is 968 g/mol. The Bertz CT molecular complexity index is 2140. The number of aryl methyl sites for hydroxylation is 3. The Morgan fingerprint density at radius 3 is 1.09 bits per heavy atom. The summed E-state index contributed by atoms with van der Waals surface area (Å²) >= 11 is 5.79. The molecule has 1 nitrogen and oxygen atoms in total. The Balaban J connectivity index is 0. The van der Waals surface area contributed by atoms with Crippen molar-refractivity contribution >= 4 is 23.5 Å². The highest BCUT2D eigenvalue weighted by Crippen LogP contribution is 2.35. The van der Waals surface area contributed by atoms with Crippen molar-refractivity contribution in [2.75, 3.05) is 0 Å². The predicted molar refractivity (Wildman–Crippen MR) is 322 cm³/mol. The Labute approximate surface area is 439 Å². The van der Waals surface area contributed by atoms with Crippen molar-refractivity contribution in [3.05, 3.63) is 206 Å². The fourth-order valence-electron chi connectivity index (χ4n) is 6.89. The Morgan fingerprint density at radius 2 is 0.757 bits per heavy atom. The summed E-state index contributed by atoms with van der Waals surface area (Å²) in [6, 6.07) is 51.2. The first-order valence-corrected chi connectivity index (χ1v) is 25.7. The maximum Gasteiger partial charge on any atom is 0.0661 e. The first-order chi connectivity index (χ1) is 31.7. The number of rotatable bonds is 7. The van der Waals surface area contributed by atoms with Crippen LogP contribution in [0.15, 0.2) is 151 Å². The van der Waals surface area contributed by atoms with Crippen LogP contribution in [0.2, 0.25) is 5.02 Å². The van der Waals surface area contributed by atoms with Gasteiger partial charge in [0.05, 0.1) is 5.69 Å². The molecule has 1 heterocycles. The van der Waals surface area contributed by atoms with Crippen LogP contribution >= 0.6 is 11.6 Å². The van der Waals surface area contributed by atoms with E-state index in [1.165, 1.54) is 68.5 Å². The summed E-state index contributed by atoms with van der Waals surface area (Å²) in [5, 5.41) is 0.825. The van der Waals surface area contributed by atoms with Gasteiger partial charge in [-0.25, -0.2) is 0 Å². The van der Waals surface area contributed by atoms with Gasteiger partial charge in [0.1, 0.15) is 0 Å². The van der Waals surface area contributed by atoms with E-state index in [1.54, 1.807) is 0 Å². The molecule has 0 atom stereocenters. The second kappa shape index (κ2) is 36.2. The second-order valence-electron chi connectivity index (χ2n) is 20.6. The minimum absolute atomic E-state index is 0. The lowest BCUT2D eigenvalue weighted by Crippen LogP contribution is -1.88. The molecule has 1 aliphatic carbocycles. The largest absolute Gasteiger partial charge is 0.261 e. The van der Waals surface area contributed by atoms with E-state index in [0.717, 1.165) is 29.0 Å². The topological polar surface area (TPSA) is 12.4 Å². The van der Waals surface area contributed by atoms with E-state index in [1.807, 2.05) is 30.5 Å². The van der Waals surface area contributed by atoms with E-state index in [-0.39, 0.29) is 22.3 Å². The summed E-state index contributed by atoms with van der Waals surface area (Å²) in [6.45, 7) is 37.4. The van der Waals surface area contributed by atoms with E-state index >= 15 is 0 Å². The molecular formula is C68H102ClN. The highest BCUT2D eigenvalue weighted by Gasteiger charge is 2.24. The molecule has 386 valence electrons. The molecule has 2 aliphatic rings. The van der Waals surface area contributed by atoms with Gasteiger partial charge in [0.2, 0.25) is 0 Å². The van der Waals surface area contributed by atoms with Crippen molar-refractivity contribution in [3.8, 4) is 0 Å². The summed E-state index contributed by atoms with van der Waals surface area (Å²) in [5.41, 5.74) is 15.0. The summed E-state index contributed by atoms with van der Waals surface area (Å²) in [7, 11) is 0. The Morgan fingerprint density at radius 1 is 0.386 bits per heavy atom. The summed E-state index contributed by atoms with van der Waals surface area (Å²) in [5.74, 6) is 5.87. The average molecular weight is 969 g/mol. The zero-order valence-corrected chi connectivity index (χ0v) is 45.8. The number of fused-ring (bicyclic) bond motifs is 1. The number of benzene rings is 6. The van der Waals surface area contributed by atoms with Gasteiger partial charge in [-0.1, -0.05) is 275 Å². The van der Waals surface area contributed by atoms with Crippen molar-refractivity contribution in [3.63, 3.8) is 0 Å². The van der Waals surface area contributed by atoms with E-state index in [2.05, 4.69) is 244 Å². The molecule has 1 saturated carbocycles. The molecule has 6 aromatic carbocycles. The number of hydrogen-bond donors (Lipinski definition) is 0. The van der Waals surface area contributed by atoms with Gasteiger partial charge in [0, 0.05) is 17.7 Å². The molecule has 0 bridgehead atoms. The van der Waals surface area contributed by atoms with Crippen LogP contribution in [0.5, 0.6) is 0 Å². The standard InChI is InChI=1S/C11H13N.3C10H14.C9H11Cl.C9H12.C6H12.3CH4/c1-8(2)9-3-4-11-10(7-9)5-6-12-11;2*1-8(2)10-6-4-9(3)5-7-10;1-8(2)10-6-4-5-9(3)7-10;1-7(2)8-4-3-5-9(10)6-8;1-8(2)9-6-4-3-5-7-9;1-5(2)6-3-4-6;;;/h3-4,6-8H,5H2,1-2H3;3*4-8H,1-3H3;3-7H,1-2H3;3-8H,1-2H3;5-6H,3-4H2,1-2H3;3*1H4. The molecule has 70 heavy (non-hydrogen) atoms. The molecule has 0 saturated heterocycles. The van der Waals surface area contributed by atoms with Crippen LogP contribution in [-0.4, -0.2) is 6.21 Å². The molecule has 2 heteroatoms. The number of halogens is 1. The third-order valence-corrected chi connectivity index (χ3v) is 12.3. The van der Waals surface area contributed by atoms with Crippen LogP contribution in [0.3, 0.4) is 0 Å². The van der Waals surface area contributed by atoms with Gasteiger partial charge in [-0.3, -0.25) is 4.99 Å². The van der Waals surface area contributed by atoms with Crippen LogP contribution in [-0.2, 0) is 6.42 Å². The highest BCUT2D eigenvalue weighted by atomic mass is 35.5. The third-order valence-electron chi connectivity index (χ3n) is 12.1. The molecular weight excluding hydrogens is 866 g/mol. The fraction of sp³-hybridized carbons (Fsp3) is 0.456. The predicted octanol–water partition coefficient (Wildman–Crippen LogP) is 22.7. The van der Waals surface area contributed by atoms with Gasteiger partial charge in [0.15, 0.2) is 0 Å². The lowest BCUT2D eigenvalue weighted by Gasteiger charge is -2.06. The molecule has 0 aromatic heterocycles. The van der Waals surface area contributed by atoms with E-state index < -0.39 is 0 Å². The van der Waals surface area contributed by atoms with E-state index in [4.69, 9.17) is 11.6 Å². The molecule has 0 N–H and O–H groups in total. The molecule has 0 radical (unpaired) electrons. The van der Waals surface area contributed by atoms with Crippen LogP contribution in [0.25, 0.3) is 0 Å². The molecule has 1 aliphatic heterocycles. The minimum atomic E-state index is 0. The molecule has 6 aromatic rings. The van der Waals surface area contributed by atoms with Crippen LogP contribution in [0.1, 0.15) is 223 Å². The summed E-state index contributed by atoms with van der Waals surface area (Å²) in [6.07, 6.45) is 5.99. The fourth-order valence-corrected chi connectivity index (χ4v) is 7.09. The first kappa shape index (κ1) is 67.4. The third kappa shape index (κ3) is 28.2. The summed E-state index contributed by atoms with van der Waals surface area (Å²) < 4.78 is 0. The zero-order valence-electron chi connectivity index (χ0n) is 45.0. The highest BCUT2D eigenvalue weighted by molar-refractivity contribution is 6.30. The molecule has 0 spiro atoms. The van der Waals surface area contributed by atoms with Crippen molar-refractivity contribution < 1.29 is 0 Å². The minimum Gasteiger partial charge on any atom is -0.261 e. The van der Waals surface area contributed by atoms with Gasteiger partial charge in [-0.05, 0) is 138 Å². The van der Waals surface area contributed by atoms with Gasteiger partial charge >= 0.3 is 0 Å². The number of nitrogens with zero attached hydrogens (tertiary/aromatic N) is 1. The molecule has 1 fully saturated rings. The van der Waals surface area contributed by atoms with Gasteiger partial charge in [-0.15, -0.1) is 0 Å². The summed E-state index contributed by atoms with van der Waals surface area (Å²) in [4.78, 5) is 4.27. The van der Waals surface area contributed by atoms with Crippen LogP contribution in [0, 0.1) is 32.6 Å². The van der Waals surface area contributed by atoms with Crippen LogP contribution in [0.4, 0.5) is 5.69 Å². The van der Waals surface area contributed by atoms with Crippen molar-refractivity contribution in [1.82, 2.24) is 0 Å². The molecule has 0 amide bonds. The van der Waals surface area contributed by atoms with Crippen molar-refractivity contribution in [2.24, 2.45) is 16.8 Å². The van der Waals surface area contributed by atoms with Crippen molar-refractivity contribution in [1.29, 1.82) is 0 Å². The lowest BCUT2D eigenvalue weighted by molar-refractivity contribution is 0.563. The van der Waals surface area contributed by atoms with Gasteiger partial charge in [-0.2, -0.15) is 0 Å². The van der Waals surface area contributed by atoms with E-state index in [9.17, 15) is 0 Å². The Kier molecular flexibility index (Phi) is 34.9. The van der Waals surface area contributed by atoms with Crippen molar-refractivity contribution in [2.45, 2.75) is 195 Å². The maximum atomic E-state index is 5.79. The molecule has 8 rings (SSSR count). The maximum absolute atomic E-state index is 5.79. The number of hydrogen-bond acceptors (Lipinski definition) is 1. The van der Waals surface area contributed by atoms with Crippen LogP contribution < -0.4 is 0 Å². The molecule has 0 unspecified atom stereocenters. The number of aliphatic imine (C=N–C) groups is 1. The van der Waals surface area contributed by atoms with E-state index in [0.29, 0.717) is 35.5 Å². The van der Waals surface area contributed by atoms with Gasteiger partial charge in [0.25, 0.3) is 0 Å². The van der Waals surface area contributed by atoms with Gasteiger partial charge < -0.3 is 0 Å². The lowest BCUT2D eigenvalue weighted by atomic mass is 10.00. The quantitative estimate of drug-likeness (QED) is 0.151. The Hall–Kier alpha value is -4.72. The average Bonchev–Trinajstić information content (AvgIpc) is 4.06. The second-order valence-corrected chi connectivity index (χ2v) is 21.1. The smallest absolute Gasteiger partial charge is 0.0661 e.